The van der Waals surface area contributed by atoms with Crippen LogP contribution in [-0.4, -0.2) is 123 Å². The van der Waals surface area contributed by atoms with Gasteiger partial charge in [-0.3, -0.25) is 4.79 Å². The molecule has 0 aromatic carbocycles. The number of nitrogens with zero attached hydrogens (tertiary/aromatic N) is 1. The van der Waals surface area contributed by atoms with Crippen molar-refractivity contribution in [1.82, 2.24) is 10.2 Å². The molecule has 11 heteroatoms. The minimum absolute atomic E-state index is 0.0985. The first-order chi connectivity index (χ1) is 18.4. The molecule has 0 radical (unpaired) electrons. The van der Waals surface area contributed by atoms with E-state index in [1.54, 1.807) is 34.7 Å². The molecule has 2 fully saturated rings. The summed E-state index contributed by atoms with van der Waals surface area (Å²) in [4.78, 5) is 15.1. The van der Waals surface area contributed by atoms with E-state index in [1.807, 2.05) is 25.8 Å². The van der Waals surface area contributed by atoms with E-state index in [9.17, 15) is 30.3 Å². The molecule has 40 heavy (non-hydrogen) atoms. The first-order valence-corrected chi connectivity index (χ1v) is 14.8. The molecule has 236 valence electrons. The summed E-state index contributed by atoms with van der Waals surface area (Å²) in [5.74, 6) is -2.65. The van der Waals surface area contributed by atoms with Gasteiger partial charge < -0.3 is 50.0 Å². The summed E-state index contributed by atoms with van der Waals surface area (Å²) in [6, 6.07) is -0.783. The van der Waals surface area contributed by atoms with Gasteiger partial charge in [-0.2, -0.15) is 0 Å². The van der Waals surface area contributed by atoms with Crippen molar-refractivity contribution in [3.05, 3.63) is 0 Å². The topological polar surface area (TPSA) is 161 Å². The number of likely N-dealkylation sites (N-methyl/N-ethyl adjacent to an activating group) is 2. The second-order valence-corrected chi connectivity index (χ2v) is 13.0. The molecule has 0 amide bonds. The number of rotatable bonds is 4. The standard InChI is InChI=1S/C29H56N2O9/c1-11-21-29(8,37)24(34)19(6)31(10)14-15(2)13-28(7,36)25(17(4)22(32)18(5)26(35)39-21)40-27-23(33)20(30-9)12-16(3)38-27/h15-25,27,30,32-34,36-37H,11-14H2,1-10H3/t15-,16-,17+,18-,19-,20+,21-,22?,23-,24-,25-,27+,28?,29-/m1/s1. The van der Waals surface area contributed by atoms with Crippen LogP contribution in [-0.2, 0) is 19.0 Å². The molecular weight excluding hydrogens is 520 g/mol. The van der Waals surface area contributed by atoms with Crippen LogP contribution in [0.15, 0.2) is 0 Å². The van der Waals surface area contributed by atoms with Crippen molar-refractivity contribution < 1.29 is 44.5 Å². The first-order valence-electron chi connectivity index (χ1n) is 14.8. The smallest absolute Gasteiger partial charge is 0.311 e. The second kappa shape index (κ2) is 14.1. The molecule has 0 spiro atoms. The normalized spacial score (nSPS) is 49.1. The molecule has 14 atom stereocenters. The lowest BCUT2D eigenvalue weighted by Gasteiger charge is -2.45. The fourth-order valence-electron chi connectivity index (χ4n) is 6.54. The molecule has 2 unspecified atom stereocenters. The van der Waals surface area contributed by atoms with Crippen molar-refractivity contribution >= 4 is 5.97 Å². The van der Waals surface area contributed by atoms with Crippen LogP contribution < -0.4 is 5.32 Å². The molecule has 2 heterocycles. The Balaban J connectivity index is 2.51. The Bertz CT molecular complexity index is 812. The summed E-state index contributed by atoms with van der Waals surface area (Å²) >= 11 is 0. The van der Waals surface area contributed by atoms with Crippen molar-refractivity contribution in [1.29, 1.82) is 0 Å². The number of aliphatic hydroxyl groups is 5. The molecule has 2 rings (SSSR count). The fourth-order valence-corrected chi connectivity index (χ4v) is 6.54. The minimum Gasteiger partial charge on any atom is -0.459 e. The highest BCUT2D eigenvalue weighted by molar-refractivity contribution is 5.73. The van der Waals surface area contributed by atoms with Crippen LogP contribution >= 0.6 is 0 Å². The number of nitrogens with one attached hydrogen (secondary N) is 1. The third kappa shape index (κ3) is 7.93. The van der Waals surface area contributed by atoms with Crippen LogP contribution in [0.3, 0.4) is 0 Å². The Labute approximate surface area is 240 Å². The van der Waals surface area contributed by atoms with Gasteiger partial charge in [0, 0.05) is 24.5 Å². The van der Waals surface area contributed by atoms with Gasteiger partial charge in [-0.25, -0.2) is 0 Å². The molecule has 2 aliphatic rings. The first kappa shape index (κ1) is 35.3. The van der Waals surface area contributed by atoms with Gasteiger partial charge in [-0.1, -0.05) is 20.8 Å². The van der Waals surface area contributed by atoms with Crippen LogP contribution in [0.5, 0.6) is 0 Å². The number of esters is 1. The van der Waals surface area contributed by atoms with E-state index in [0.29, 0.717) is 13.0 Å². The number of carbonyl (C=O) groups is 1. The van der Waals surface area contributed by atoms with Crippen LogP contribution in [0.2, 0.25) is 0 Å². The maximum absolute atomic E-state index is 13.2. The summed E-state index contributed by atoms with van der Waals surface area (Å²) < 4.78 is 18.0. The number of cyclic esters (lactones) is 1. The minimum atomic E-state index is -1.75. The summed E-state index contributed by atoms with van der Waals surface area (Å²) in [7, 11) is 3.58. The van der Waals surface area contributed by atoms with Crippen molar-refractivity contribution in [2.24, 2.45) is 17.8 Å². The SMILES string of the molecule is CC[C@H]1OC(=O)[C@H](C)C(O)[C@H](C)[C@@H](O[C@@H]2O[C@H](C)C[C@H](NC)[C@H]2O)C(C)(O)C[C@@H](C)CN(C)[C@H](C)[C@@H](O)[C@]1(C)O. The van der Waals surface area contributed by atoms with E-state index in [0.717, 1.165) is 0 Å². The highest BCUT2D eigenvalue weighted by Crippen LogP contribution is 2.36. The lowest BCUT2D eigenvalue weighted by molar-refractivity contribution is -0.294. The van der Waals surface area contributed by atoms with E-state index in [2.05, 4.69) is 5.32 Å². The predicted octanol–water partition coefficient (Wildman–Crippen LogP) is 0.633. The molecule has 2 saturated heterocycles. The lowest BCUT2D eigenvalue weighted by atomic mass is 9.78. The zero-order valence-electron chi connectivity index (χ0n) is 26.1. The number of carbonyl (C=O) groups excluding carboxylic acids is 1. The van der Waals surface area contributed by atoms with Gasteiger partial charge >= 0.3 is 5.97 Å². The Morgan fingerprint density at radius 2 is 1.68 bits per heavy atom. The largest absolute Gasteiger partial charge is 0.459 e. The molecular formula is C29H56N2O9. The molecule has 2 aliphatic heterocycles. The van der Waals surface area contributed by atoms with Crippen molar-refractivity contribution in [3.8, 4) is 0 Å². The summed E-state index contributed by atoms with van der Waals surface area (Å²) in [6.07, 6.45) is -5.78. The molecule has 0 aliphatic carbocycles. The average molecular weight is 577 g/mol. The fraction of sp³-hybridized carbons (Fsp3) is 0.966. The van der Waals surface area contributed by atoms with E-state index >= 15 is 0 Å². The highest BCUT2D eigenvalue weighted by atomic mass is 16.7. The summed E-state index contributed by atoms with van der Waals surface area (Å²) in [6.45, 7) is 14.2. The number of ether oxygens (including phenoxy) is 3. The predicted molar refractivity (Wildman–Crippen MR) is 150 cm³/mol. The van der Waals surface area contributed by atoms with Crippen LogP contribution in [0.25, 0.3) is 0 Å². The van der Waals surface area contributed by atoms with E-state index in [-0.39, 0.29) is 30.9 Å². The molecule has 0 bridgehead atoms. The van der Waals surface area contributed by atoms with Crippen LogP contribution in [0, 0.1) is 17.8 Å². The Morgan fingerprint density at radius 1 is 1.07 bits per heavy atom. The molecule has 11 nitrogen and oxygen atoms in total. The third-order valence-electron chi connectivity index (χ3n) is 9.20. The van der Waals surface area contributed by atoms with E-state index in [1.165, 1.54) is 13.8 Å². The van der Waals surface area contributed by atoms with E-state index < -0.39 is 71.9 Å². The summed E-state index contributed by atoms with van der Waals surface area (Å²) in [5, 5.41) is 59.8. The van der Waals surface area contributed by atoms with Crippen LogP contribution in [0.4, 0.5) is 0 Å². The number of hydrogen-bond donors (Lipinski definition) is 6. The summed E-state index contributed by atoms with van der Waals surface area (Å²) in [5.41, 5.74) is -3.24. The van der Waals surface area contributed by atoms with Crippen molar-refractivity contribution in [2.75, 3.05) is 20.6 Å². The maximum Gasteiger partial charge on any atom is 0.311 e. The van der Waals surface area contributed by atoms with Crippen LogP contribution in [0.1, 0.15) is 74.7 Å². The number of hydrogen-bond acceptors (Lipinski definition) is 11. The molecule has 0 aromatic heterocycles. The van der Waals surface area contributed by atoms with Crippen molar-refractivity contribution in [3.63, 3.8) is 0 Å². The molecule has 0 aromatic rings. The lowest BCUT2D eigenvalue weighted by Crippen LogP contribution is -2.59. The maximum atomic E-state index is 13.2. The third-order valence-corrected chi connectivity index (χ3v) is 9.20. The van der Waals surface area contributed by atoms with Gasteiger partial charge in [0.25, 0.3) is 0 Å². The van der Waals surface area contributed by atoms with Gasteiger partial charge in [-0.05, 0) is 73.9 Å². The Hall–Kier alpha value is -0.890. The van der Waals surface area contributed by atoms with E-state index in [4.69, 9.17) is 14.2 Å². The molecule has 6 N–H and O–H groups in total. The van der Waals surface area contributed by atoms with Gasteiger partial charge in [0.15, 0.2) is 6.29 Å². The Morgan fingerprint density at radius 3 is 2.23 bits per heavy atom. The average Bonchev–Trinajstić information content (AvgIpc) is 2.88. The van der Waals surface area contributed by atoms with Gasteiger partial charge in [0.05, 0.1) is 29.8 Å². The molecule has 0 saturated carbocycles. The number of aliphatic hydroxyl groups excluding tert-OH is 3. The monoisotopic (exact) mass is 576 g/mol. The van der Waals surface area contributed by atoms with Gasteiger partial charge in [0.1, 0.15) is 23.9 Å². The van der Waals surface area contributed by atoms with Gasteiger partial charge in [0.2, 0.25) is 0 Å². The highest BCUT2D eigenvalue weighted by Gasteiger charge is 2.49. The zero-order chi connectivity index (χ0) is 30.7. The van der Waals surface area contributed by atoms with Crippen molar-refractivity contribution in [2.45, 2.75) is 141 Å². The quantitative estimate of drug-likeness (QED) is 0.261. The second-order valence-electron chi connectivity index (χ2n) is 13.0. The zero-order valence-corrected chi connectivity index (χ0v) is 26.1. The Kier molecular flexibility index (Phi) is 12.4. The van der Waals surface area contributed by atoms with Gasteiger partial charge in [-0.15, -0.1) is 0 Å².